The van der Waals surface area contributed by atoms with Crippen LogP contribution in [0.15, 0.2) is 18.2 Å². The maximum atomic E-state index is 2.46. The molecule has 1 aliphatic carbocycles. The Morgan fingerprint density at radius 3 is 1.68 bits per heavy atom. The van der Waals surface area contributed by atoms with Crippen LogP contribution in [0.5, 0.6) is 0 Å². The van der Waals surface area contributed by atoms with Gasteiger partial charge in [0.25, 0.3) is 0 Å². The Hall–Kier alpha value is -0.780. The summed E-state index contributed by atoms with van der Waals surface area (Å²) >= 11 is 0. The SMILES string of the molecule is CC(C)(C)c1ccc2c(c1)C(C)(C)C(C)(C)C2(C)C. The standard InChI is InChI=1S/C19H30/c1-16(2,3)13-10-11-14-15(12-13)18(6,7)19(8,9)17(14,4)5/h10-12H,1-9H3. The maximum Gasteiger partial charge on any atom is -0.00411 e. The second kappa shape index (κ2) is 3.65. The van der Waals surface area contributed by atoms with Crippen LogP contribution in [-0.2, 0) is 16.2 Å². The second-order valence-electron chi connectivity index (χ2n) is 8.89. The van der Waals surface area contributed by atoms with Crippen molar-refractivity contribution in [2.75, 3.05) is 0 Å². The Kier molecular flexibility index (Phi) is 2.81. The normalized spacial score (nSPS) is 23.2. The number of rotatable bonds is 0. The van der Waals surface area contributed by atoms with E-state index in [9.17, 15) is 0 Å². The van der Waals surface area contributed by atoms with Crippen LogP contribution in [0.3, 0.4) is 0 Å². The summed E-state index contributed by atoms with van der Waals surface area (Å²) in [5, 5.41) is 0. The van der Waals surface area contributed by atoms with E-state index in [1.807, 2.05) is 0 Å². The van der Waals surface area contributed by atoms with Crippen molar-refractivity contribution >= 4 is 0 Å². The van der Waals surface area contributed by atoms with Gasteiger partial charge in [-0.3, -0.25) is 0 Å². The zero-order chi connectivity index (χ0) is 14.9. The minimum Gasteiger partial charge on any atom is -0.0582 e. The van der Waals surface area contributed by atoms with Gasteiger partial charge in [0.15, 0.2) is 0 Å². The molecule has 0 aromatic heterocycles. The number of hydrogen-bond donors (Lipinski definition) is 0. The maximum absolute atomic E-state index is 2.46. The van der Waals surface area contributed by atoms with Crippen molar-refractivity contribution in [3.05, 3.63) is 34.9 Å². The smallest absolute Gasteiger partial charge is 0.00411 e. The molecule has 0 aliphatic heterocycles. The van der Waals surface area contributed by atoms with Gasteiger partial charge in [-0.05, 0) is 38.4 Å². The van der Waals surface area contributed by atoms with Crippen molar-refractivity contribution in [1.29, 1.82) is 0 Å². The van der Waals surface area contributed by atoms with E-state index in [1.165, 1.54) is 11.1 Å². The molecule has 0 unspecified atom stereocenters. The van der Waals surface area contributed by atoms with E-state index in [0.29, 0.717) is 0 Å². The molecular formula is C19H30. The van der Waals surface area contributed by atoms with Gasteiger partial charge in [0, 0.05) is 0 Å². The first-order valence-electron chi connectivity index (χ1n) is 7.49. The third-order valence-electron chi connectivity index (χ3n) is 6.36. The lowest BCUT2D eigenvalue weighted by Crippen LogP contribution is -2.42. The zero-order valence-electron chi connectivity index (χ0n) is 14.2. The molecule has 1 aliphatic rings. The molecule has 0 nitrogen and oxygen atoms in total. The third-order valence-corrected chi connectivity index (χ3v) is 6.36. The first kappa shape index (κ1) is 14.6. The Morgan fingerprint density at radius 1 is 0.737 bits per heavy atom. The van der Waals surface area contributed by atoms with Gasteiger partial charge in [-0.1, -0.05) is 80.5 Å². The van der Waals surface area contributed by atoms with Crippen LogP contribution in [0.4, 0.5) is 0 Å². The number of benzene rings is 1. The Morgan fingerprint density at radius 2 is 1.21 bits per heavy atom. The van der Waals surface area contributed by atoms with E-state index in [-0.39, 0.29) is 21.7 Å². The molecule has 1 aromatic rings. The average Bonchev–Trinajstić information content (AvgIpc) is 2.35. The number of fused-ring (bicyclic) bond motifs is 1. The summed E-state index contributed by atoms with van der Waals surface area (Å²) in [6.07, 6.45) is 0. The van der Waals surface area contributed by atoms with Crippen LogP contribution < -0.4 is 0 Å². The van der Waals surface area contributed by atoms with Crippen LogP contribution in [-0.4, -0.2) is 0 Å². The van der Waals surface area contributed by atoms with Gasteiger partial charge in [0.2, 0.25) is 0 Å². The molecule has 0 spiro atoms. The fraction of sp³-hybridized carbons (Fsp3) is 0.684. The summed E-state index contributed by atoms with van der Waals surface area (Å²) in [4.78, 5) is 0. The van der Waals surface area contributed by atoms with E-state index in [4.69, 9.17) is 0 Å². The Balaban J connectivity index is 2.73. The lowest BCUT2D eigenvalue weighted by Gasteiger charge is -2.44. The van der Waals surface area contributed by atoms with Gasteiger partial charge in [0.05, 0.1) is 0 Å². The molecule has 0 heteroatoms. The highest BCUT2D eigenvalue weighted by Gasteiger charge is 2.56. The molecule has 1 aromatic carbocycles. The Labute approximate surface area is 119 Å². The van der Waals surface area contributed by atoms with Gasteiger partial charge >= 0.3 is 0 Å². The summed E-state index contributed by atoms with van der Waals surface area (Å²) < 4.78 is 0. The van der Waals surface area contributed by atoms with Gasteiger partial charge in [-0.15, -0.1) is 0 Å². The van der Waals surface area contributed by atoms with Crippen LogP contribution in [0.25, 0.3) is 0 Å². The van der Waals surface area contributed by atoms with Gasteiger partial charge < -0.3 is 0 Å². The molecule has 0 fully saturated rings. The van der Waals surface area contributed by atoms with E-state index in [0.717, 1.165) is 0 Å². The van der Waals surface area contributed by atoms with E-state index in [2.05, 4.69) is 80.5 Å². The molecule has 0 N–H and O–H groups in total. The van der Waals surface area contributed by atoms with Crippen LogP contribution >= 0.6 is 0 Å². The predicted molar refractivity (Wildman–Crippen MR) is 85.0 cm³/mol. The molecule has 0 atom stereocenters. The van der Waals surface area contributed by atoms with Crippen molar-refractivity contribution < 1.29 is 0 Å². The lowest BCUT2D eigenvalue weighted by atomic mass is 9.59. The first-order valence-corrected chi connectivity index (χ1v) is 7.49. The van der Waals surface area contributed by atoms with Crippen molar-refractivity contribution in [3.8, 4) is 0 Å². The molecule has 0 radical (unpaired) electrons. The topological polar surface area (TPSA) is 0 Å². The van der Waals surface area contributed by atoms with Crippen LogP contribution in [0.2, 0.25) is 0 Å². The highest BCUT2D eigenvalue weighted by molar-refractivity contribution is 5.51. The van der Waals surface area contributed by atoms with Crippen molar-refractivity contribution in [3.63, 3.8) is 0 Å². The van der Waals surface area contributed by atoms with E-state index < -0.39 is 0 Å². The Bertz CT molecular complexity index is 507. The van der Waals surface area contributed by atoms with Crippen molar-refractivity contribution in [1.82, 2.24) is 0 Å². The minimum atomic E-state index is 0.215. The summed E-state index contributed by atoms with van der Waals surface area (Å²) in [6, 6.07) is 7.18. The molecule has 0 heterocycles. The molecule has 0 bridgehead atoms. The molecule has 106 valence electrons. The first-order chi connectivity index (χ1) is 8.33. The molecule has 2 rings (SSSR count). The highest BCUT2D eigenvalue weighted by Crippen LogP contribution is 2.61. The van der Waals surface area contributed by atoms with E-state index >= 15 is 0 Å². The monoisotopic (exact) mass is 258 g/mol. The minimum absolute atomic E-state index is 0.215. The number of hydrogen-bond acceptors (Lipinski definition) is 0. The second-order valence-corrected chi connectivity index (χ2v) is 8.89. The lowest BCUT2D eigenvalue weighted by molar-refractivity contribution is 0.125. The molecule has 0 saturated carbocycles. The van der Waals surface area contributed by atoms with Crippen molar-refractivity contribution in [2.45, 2.75) is 78.6 Å². The van der Waals surface area contributed by atoms with Gasteiger partial charge in [-0.25, -0.2) is 0 Å². The van der Waals surface area contributed by atoms with Crippen LogP contribution in [0.1, 0.15) is 79.0 Å². The quantitative estimate of drug-likeness (QED) is 0.570. The van der Waals surface area contributed by atoms with Gasteiger partial charge in [0.1, 0.15) is 0 Å². The molecular weight excluding hydrogens is 228 g/mol. The third kappa shape index (κ3) is 1.72. The molecule has 0 amide bonds. The fourth-order valence-corrected chi connectivity index (χ4v) is 3.53. The predicted octanol–water partition coefficient (Wildman–Crippen LogP) is 5.58. The van der Waals surface area contributed by atoms with Crippen molar-refractivity contribution in [2.24, 2.45) is 5.41 Å². The van der Waals surface area contributed by atoms with E-state index in [1.54, 1.807) is 5.56 Å². The fourth-order valence-electron chi connectivity index (χ4n) is 3.53. The van der Waals surface area contributed by atoms with Gasteiger partial charge in [-0.2, -0.15) is 0 Å². The largest absolute Gasteiger partial charge is 0.0582 e. The zero-order valence-corrected chi connectivity index (χ0v) is 14.2. The van der Waals surface area contributed by atoms with Crippen LogP contribution in [0, 0.1) is 5.41 Å². The molecule has 19 heavy (non-hydrogen) atoms. The summed E-state index contributed by atoms with van der Waals surface area (Å²) in [5.41, 5.74) is 5.47. The summed E-state index contributed by atoms with van der Waals surface area (Å²) in [7, 11) is 0. The average molecular weight is 258 g/mol. The summed E-state index contributed by atoms with van der Waals surface area (Å²) in [6.45, 7) is 21.4. The summed E-state index contributed by atoms with van der Waals surface area (Å²) in [5.74, 6) is 0. The highest BCUT2D eigenvalue weighted by atomic mass is 14.6. The molecule has 0 saturated heterocycles.